The van der Waals surface area contributed by atoms with Crippen molar-refractivity contribution in [3.63, 3.8) is 0 Å². The minimum absolute atomic E-state index is 0.193. The van der Waals surface area contributed by atoms with E-state index in [1.165, 1.54) is 0 Å². The molecule has 1 aliphatic heterocycles. The number of halogens is 3. The minimum atomic E-state index is -1.60. The summed E-state index contributed by atoms with van der Waals surface area (Å²) in [6, 6.07) is 0. The largest absolute Gasteiger partial charge is 0.355 e. The van der Waals surface area contributed by atoms with Crippen LogP contribution in [0.15, 0.2) is 21.3 Å². The van der Waals surface area contributed by atoms with Crippen LogP contribution in [0.5, 0.6) is 0 Å². The Bertz CT molecular complexity index is 307. The van der Waals surface area contributed by atoms with E-state index in [4.69, 9.17) is 34.8 Å². The number of hydrogen-bond acceptors (Lipinski definition) is 2. The third-order valence-corrected chi connectivity index (χ3v) is 3.32. The maximum atomic E-state index is 9.84. The number of dihydropyridines is 1. The molecule has 0 bridgehead atoms. The lowest BCUT2D eigenvalue weighted by atomic mass is 9.99. The van der Waals surface area contributed by atoms with Crippen LogP contribution in [0.1, 0.15) is 26.7 Å². The van der Waals surface area contributed by atoms with Crippen molar-refractivity contribution in [1.82, 2.24) is 5.32 Å². The molecule has 2 N–H and O–H groups in total. The Morgan fingerprint density at radius 2 is 1.86 bits per heavy atom. The maximum absolute atomic E-state index is 9.84. The van der Waals surface area contributed by atoms with Gasteiger partial charge in [-0.25, -0.2) is 0 Å². The van der Waals surface area contributed by atoms with E-state index in [0.29, 0.717) is 23.4 Å². The summed E-state index contributed by atoms with van der Waals surface area (Å²) in [5.74, 6) is 0. The third-order valence-electron chi connectivity index (χ3n) is 2.20. The quantitative estimate of drug-likeness (QED) is 0.587. The number of allylic oxidation sites excluding steroid dienone is 2. The summed E-state index contributed by atoms with van der Waals surface area (Å²) in [6.45, 7) is 3.85. The molecule has 0 aromatic heterocycles. The highest BCUT2D eigenvalue weighted by Crippen LogP contribution is 2.38. The molecular weight excluding hydrogens is 244 g/mol. The highest BCUT2D eigenvalue weighted by molar-refractivity contribution is 6.41. The molecule has 0 amide bonds. The summed E-state index contributed by atoms with van der Waals surface area (Å²) < 4.78 is 0. The van der Waals surface area contributed by atoms with Crippen molar-refractivity contribution in [2.45, 2.75) is 31.9 Å². The van der Waals surface area contributed by atoms with E-state index in [0.717, 1.165) is 5.57 Å². The monoisotopic (exact) mass is 255 g/mol. The van der Waals surface area contributed by atoms with Gasteiger partial charge in [-0.05, 0) is 18.4 Å². The van der Waals surface area contributed by atoms with Crippen molar-refractivity contribution in [1.29, 1.82) is 0 Å². The first-order chi connectivity index (χ1) is 6.44. The molecule has 14 heavy (non-hydrogen) atoms. The standard InChI is InChI=1S/C9H12Cl3NO/c1-3-5-6(4-2)9(12,14)13-8(11)7(5)10/h13-14H,3-4H2,1-2H3. The van der Waals surface area contributed by atoms with Crippen molar-refractivity contribution in [3.8, 4) is 0 Å². The van der Waals surface area contributed by atoms with E-state index >= 15 is 0 Å². The van der Waals surface area contributed by atoms with Gasteiger partial charge in [-0.15, -0.1) is 0 Å². The van der Waals surface area contributed by atoms with Crippen LogP contribution in [0.3, 0.4) is 0 Å². The molecule has 0 aromatic carbocycles. The van der Waals surface area contributed by atoms with Gasteiger partial charge in [0.1, 0.15) is 5.16 Å². The zero-order valence-electron chi connectivity index (χ0n) is 8.00. The highest BCUT2D eigenvalue weighted by Gasteiger charge is 2.35. The molecule has 0 saturated heterocycles. The van der Waals surface area contributed by atoms with Crippen molar-refractivity contribution in [2.75, 3.05) is 0 Å². The zero-order chi connectivity index (χ0) is 10.9. The molecular formula is C9H12Cl3NO. The van der Waals surface area contributed by atoms with Crippen molar-refractivity contribution >= 4 is 34.8 Å². The first-order valence-corrected chi connectivity index (χ1v) is 5.55. The number of alkyl halides is 1. The molecule has 1 atom stereocenters. The van der Waals surface area contributed by atoms with Crippen LogP contribution in [0.2, 0.25) is 0 Å². The summed E-state index contributed by atoms with van der Waals surface area (Å²) in [5, 5.41) is 11.4. The van der Waals surface area contributed by atoms with Gasteiger partial charge in [0.05, 0.1) is 5.03 Å². The summed E-state index contributed by atoms with van der Waals surface area (Å²) >= 11 is 17.7. The van der Waals surface area contributed by atoms with Gasteiger partial charge in [0, 0.05) is 5.57 Å². The Balaban J connectivity index is 3.27. The lowest BCUT2D eigenvalue weighted by Gasteiger charge is -2.32. The summed E-state index contributed by atoms with van der Waals surface area (Å²) in [4.78, 5) is 0. The zero-order valence-corrected chi connectivity index (χ0v) is 10.3. The Kier molecular flexibility index (Phi) is 3.75. The first kappa shape index (κ1) is 12.2. The molecule has 0 aliphatic carbocycles. The summed E-state index contributed by atoms with van der Waals surface area (Å²) in [6.07, 6.45) is 1.31. The second-order valence-electron chi connectivity index (χ2n) is 3.04. The first-order valence-electron chi connectivity index (χ1n) is 4.41. The van der Waals surface area contributed by atoms with Gasteiger partial charge in [0.15, 0.2) is 0 Å². The number of hydrogen-bond donors (Lipinski definition) is 2. The van der Waals surface area contributed by atoms with Gasteiger partial charge >= 0.3 is 0 Å². The van der Waals surface area contributed by atoms with Gasteiger partial charge in [-0.2, -0.15) is 0 Å². The molecule has 1 rings (SSSR count). The molecule has 1 heterocycles. The lowest BCUT2D eigenvalue weighted by molar-refractivity contribution is 0.136. The fraction of sp³-hybridized carbons (Fsp3) is 0.556. The van der Waals surface area contributed by atoms with Crippen molar-refractivity contribution < 1.29 is 5.11 Å². The Labute approximate surface area is 98.5 Å². The van der Waals surface area contributed by atoms with Gasteiger partial charge in [-0.3, -0.25) is 0 Å². The molecule has 80 valence electrons. The number of rotatable bonds is 2. The van der Waals surface area contributed by atoms with E-state index in [1.807, 2.05) is 13.8 Å². The SMILES string of the molecule is CCC1=C(CC)C(O)(Cl)NC(Cl)=C1Cl. The fourth-order valence-corrected chi connectivity index (χ4v) is 2.49. The van der Waals surface area contributed by atoms with Crippen LogP contribution in [-0.4, -0.2) is 10.3 Å². The van der Waals surface area contributed by atoms with Crippen LogP contribution in [0, 0.1) is 0 Å². The van der Waals surface area contributed by atoms with Crippen LogP contribution in [0.25, 0.3) is 0 Å². The van der Waals surface area contributed by atoms with Gasteiger partial charge in [0.2, 0.25) is 5.18 Å². The predicted molar refractivity (Wildman–Crippen MR) is 60.3 cm³/mol. The second kappa shape index (κ2) is 4.31. The second-order valence-corrected chi connectivity index (χ2v) is 4.34. The van der Waals surface area contributed by atoms with Crippen molar-refractivity contribution in [3.05, 3.63) is 21.3 Å². The number of nitrogens with one attached hydrogen (secondary N) is 1. The van der Waals surface area contributed by atoms with E-state index in [1.54, 1.807) is 0 Å². The van der Waals surface area contributed by atoms with E-state index in [2.05, 4.69) is 5.32 Å². The average molecular weight is 257 g/mol. The average Bonchev–Trinajstić information content (AvgIpc) is 2.09. The molecule has 0 fully saturated rings. The third kappa shape index (κ3) is 2.03. The minimum Gasteiger partial charge on any atom is -0.355 e. The molecule has 0 aromatic rings. The van der Waals surface area contributed by atoms with E-state index < -0.39 is 5.18 Å². The van der Waals surface area contributed by atoms with Gasteiger partial charge < -0.3 is 10.4 Å². The smallest absolute Gasteiger partial charge is 0.238 e. The summed E-state index contributed by atoms with van der Waals surface area (Å²) in [5.41, 5.74) is 1.49. The van der Waals surface area contributed by atoms with E-state index in [9.17, 15) is 5.11 Å². The molecule has 1 unspecified atom stereocenters. The Morgan fingerprint density at radius 3 is 2.29 bits per heavy atom. The molecule has 2 nitrogen and oxygen atoms in total. The Morgan fingerprint density at radius 1 is 1.29 bits per heavy atom. The fourth-order valence-electron chi connectivity index (χ4n) is 1.56. The number of aliphatic hydroxyl groups is 1. The summed E-state index contributed by atoms with van der Waals surface area (Å²) in [7, 11) is 0. The van der Waals surface area contributed by atoms with Gasteiger partial charge in [0.25, 0.3) is 0 Å². The van der Waals surface area contributed by atoms with Crippen LogP contribution < -0.4 is 5.32 Å². The normalized spacial score (nSPS) is 28.1. The molecule has 5 heteroatoms. The Hall–Kier alpha value is 0.110. The molecule has 0 saturated carbocycles. The molecule has 0 spiro atoms. The molecule has 1 aliphatic rings. The van der Waals surface area contributed by atoms with E-state index in [-0.39, 0.29) is 5.16 Å². The van der Waals surface area contributed by atoms with Crippen molar-refractivity contribution in [2.24, 2.45) is 0 Å². The van der Waals surface area contributed by atoms with Crippen LogP contribution in [-0.2, 0) is 0 Å². The van der Waals surface area contributed by atoms with Gasteiger partial charge in [-0.1, -0.05) is 48.7 Å². The topological polar surface area (TPSA) is 32.3 Å². The lowest BCUT2D eigenvalue weighted by Crippen LogP contribution is -2.43. The highest BCUT2D eigenvalue weighted by atomic mass is 35.5. The predicted octanol–water partition coefficient (Wildman–Crippen LogP) is 3.24. The maximum Gasteiger partial charge on any atom is 0.238 e. The van der Waals surface area contributed by atoms with Crippen LogP contribution >= 0.6 is 34.8 Å². The molecule has 0 radical (unpaired) electrons. The van der Waals surface area contributed by atoms with Crippen LogP contribution in [0.4, 0.5) is 0 Å².